The monoisotopic (exact) mass is 254 g/mol. The molecule has 3 nitrogen and oxygen atoms in total. The molecule has 0 heterocycles. The molecule has 0 bridgehead atoms. The summed E-state index contributed by atoms with van der Waals surface area (Å²) in [7, 11) is 0. The fourth-order valence-corrected chi connectivity index (χ4v) is 2.72. The van der Waals surface area contributed by atoms with Crippen LogP contribution in [0.4, 0.5) is 11.4 Å². The molecule has 1 saturated carbocycles. The van der Waals surface area contributed by atoms with E-state index in [0.717, 1.165) is 18.7 Å². The van der Waals surface area contributed by atoms with Crippen LogP contribution in [0.25, 0.3) is 0 Å². The summed E-state index contributed by atoms with van der Waals surface area (Å²) in [5, 5.41) is 13.3. The highest BCUT2D eigenvalue weighted by atomic mass is 35.5. The van der Waals surface area contributed by atoms with E-state index >= 15 is 0 Å². The lowest BCUT2D eigenvalue weighted by Gasteiger charge is -2.19. The Kier molecular flexibility index (Phi) is 4.13. The van der Waals surface area contributed by atoms with Crippen molar-refractivity contribution >= 4 is 23.0 Å². The summed E-state index contributed by atoms with van der Waals surface area (Å²) in [5.74, 6) is 0.973. The van der Waals surface area contributed by atoms with Crippen LogP contribution in [0.3, 0.4) is 0 Å². The first-order valence-electron chi connectivity index (χ1n) is 6.10. The van der Waals surface area contributed by atoms with E-state index in [-0.39, 0.29) is 6.61 Å². The lowest BCUT2D eigenvalue weighted by Crippen LogP contribution is -2.21. The second-order valence-electron chi connectivity index (χ2n) is 4.75. The average Bonchev–Trinajstić information content (AvgIpc) is 2.77. The van der Waals surface area contributed by atoms with Gasteiger partial charge in [0.2, 0.25) is 0 Å². The van der Waals surface area contributed by atoms with E-state index < -0.39 is 0 Å². The number of hydrogen-bond acceptors (Lipinski definition) is 3. The Hall–Kier alpha value is -0.930. The van der Waals surface area contributed by atoms with Gasteiger partial charge in [-0.1, -0.05) is 18.0 Å². The molecule has 2 rings (SSSR count). The minimum atomic E-state index is 0.289. The third-order valence-electron chi connectivity index (χ3n) is 3.62. The molecule has 4 heteroatoms. The van der Waals surface area contributed by atoms with Gasteiger partial charge < -0.3 is 16.2 Å². The SMILES string of the molecule is Nc1ccc(Cl)cc1NCC1CCCC1CO. The highest BCUT2D eigenvalue weighted by Crippen LogP contribution is 2.32. The van der Waals surface area contributed by atoms with Crippen LogP contribution in [0.5, 0.6) is 0 Å². The van der Waals surface area contributed by atoms with Gasteiger partial charge in [-0.15, -0.1) is 0 Å². The third-order valence-corrected chi connectivity index (χ3v) is 3.86. The van der Waals surface area contributed by atoms with Gasteiger partial charge in [-0.2, -0.15) is 0 Å². The predicted octanol–water partition coefficient (Wildman–Crippen LogP) is 2.74. The summed E-state index contributed by atoms with van der Waals surface area (Å²) in [4.78, 5) is 0. The van der Waals surface area contributed by atoms with Gasteiger partial charge in [-0.05, 0) is 42.9 Å². The Morgan fingerprint density at radius 3 is 2.88 bits per heavy atom. The van der Waals surface area contributed by atoms with E-state index in [1.54, 1.807) is 6.07 Å². The quantitative estimate of drug-likeness (QED) is 0.724. The van der Waals surface area contributed by atoms with Crippen LogP contribution in [-0.2, 0) is 0 Å². The molecule has 2 unspecified atom stereocenters. The maximum absolute atomic E-state index is 9.26. The fraction of sp³-hybridized carbons (Fsp3) is 0.538. The molecule has 1 aliphatic carbocycles. The van der Waals surface area contributed by atoms with Crippen molar-refractivity contribution in [1.29, 1.82) is 0 Å². The number of nitrogens with one attached hydrogen (secondary N) is 1. The Morgan fingerprint density at radius 2 is 2.12 bits per heavy atom. The molecular formula is C13H19ClN2O. The number of hydrogen-bond donors (Lipinski definition) is 3. The molecule has 2 atom stereocenters. The molecule has 94 valence electrons. The van der Waals surface area contributed by atoms with Crippen molar-refractivity contribution in [1.82, 2.24) is 0 Å². The van der Waals surface area contributed by atoms with Gasteiger partial charge in [0.1, 0.15) is 0 Å². The molecule has 0 saturated heterocycles. The van der Waals surface area contributed by atoms with Crippen LogP contribution >= 0.6 is 11.6 Å². The van der Waals surface area contributed by atoms with Crippen molar-refractivity contribution < 1.29 is 5.11 Å². The minimum absolute atomic E-state index is 0.289. The van der Waals surface area contributed by atoms with Crippen LogP contribution in [-0.4, -0.2) is 18.3 Å². The van der Waals surface area contributed by atoms with E-state index in [0.29, 0.717) is 22.5 Å². The second kappa shape index (κ2) is 5.61. The van der Waals surface area contributed by atoms with Crippen LogP contribution in [0.15, 0.2) is 18.2 Å². The number of rotatable bonds is 4. The molecular weight excluding hydrogens is 236 g/mol. The van der Waals surface area contributed by atoms with Gasteiger partial charge in [0.05, 0.1) is 11.4 Å². The van der Waals surface area contributed by atoms with Gasteiger partial charge >= 0.3 is 0 Å². The van der Waals surface area contributed by atoms with Crippen molar-refractivity contribution in [3.8, 4) is 0 Å². The number of nitrogens with two attached hydrogens (primary N) is 1. The van der Waals surface area contributed by atoms with E-state index in [1.807, 2.05) is 12.1 Å². The van der Waals surface area contributed by atoms with Crippen LogP contribution < -0.4 is 11.1 Å². The first-order chi connectivity index (χ1) is 8.20. The highest BCUT2D eigenvalue weighted by Gasteiger charge is 2.26. The Labute approximate surface area is 107 Å². The minimum Gasteiger partial charge on any atom is -0.397 e. The van der Waals surface area contributed by atoms with E-state index in [2.05, 4.69) is 5.32 Å². The summed E-state index contributed by atoms with van der Waals surface area (Å²) < 4.78 is 0. The summed E-state index contributed by atoms with van der Waals surface area (Å²) >= 11 is 5.93. The van der Waals surface area contributed by atoms with Crippen molar-refractivity contribution in [3.05, 3.63) is 23.2 Å². The van der Waals surface area contributed by atoms with Crippen molar-refractivity contribution in [3.63, 3.8) is 0 Å². The van der Waals surface area contributed by atoms with Gasteiger partial charge in [-0.25, -0.2) is 0 Å². The summed E-state index contributed by atoms with van der Waals surface area (Å²) in [6.45, 7) is 1.15. The smallest absolute Gasteiger partial charge is 0.0588 e. The number of nitrogen functional groups attached to an aromatic ring is 1. The zero-order valence-corrected chi connectivity index (χ0v) is 10.6. The van der Waals surface area contributed by atoms with Crippen LogP contribution in [0.1, 0.15) is 19.3 Å². The molecule has 1 aliphatic rings. The topological polar surface area (TPSA) is 58.3 Å². The van der Waals surface area contributed by atoms with Gasteiger partial charge in [0.25, 0.3) is 0 Å². The largest absolute Gasteiger partial charge is 0.397 e. The summed E-state index contributed by atoms with van der Waals surface area (Å²) in [5.41, 5.74) is 7.48. The maximum atomic E-state index is 9.26. The number of anilines is 2. The van der Waals surface area contributed by atoms with Gasteiger partial charge in [-0.3, -0.25) is 0 Å². The number of benzene rings is 1. The fourth-order valence-electron chi connectivity index (χ4n) is 2.55. The number of aliphatic hydroxyl groups excluding tert-OH is 1. The molecule has 17 heavy (non-hydrogen) atoms. The van der Waals surface area contributed by atoms with Crippen LogP contribution in [0.2, 0.25) is 5.02 Å². The molecule has 1 fully saturated rings. The summed E-state index contributed by atoms with van der Waals surface area (Å²) in [6.07, 6.45) is 3.52. The molecule has 0 radical (unpaired) electrons. The maximum Gasteiger partial charge on any atom is 0.0588 e. The van der Waals surface area contributed by atoms with Crippen molar-refractivity contribution in [2.75, 3.05) is 24.2 Å². The van der Waals surface area contributed by atoms with Crippen molar-refractivity contribution in [2.45, 2.75) is 19.3 Å². The zero-order valence-electron chi connectivity index (χ0n) is 9.82. The molecule has 1 aromatic rings. The average molecular weight is 255 g/mol. The second-order valence-corrected chi connectivity index (χ2v) is 5.18. The molecule has 4 N–H and O–H groups in total. The number of halogens is 1. The molecule has 0 spiro atoms. The molecule has 0 amide bonds. The van der Waals surface area contributed by atoms with E-state index in [9.17, 15) is 5.11 Å². The van der Waals surface area contributed by atoms with E-state index in [4.69, 9.17) is 17.3 Å². The first kappa shape index (κ1) is 12.5. The summed E-state index contributed by atoms with van der Waals surface area (Å²) in [6, 6.07) is 5.44. The van der Waals surface area contributed by atoms with E-state index in [1.165, 1.54) is 12.8 Å². The first-order valence-corrected chi connectivity index (χ1v) is 6.48. The molecule has 1 aromatic carbocycles. The Bertz CT molecular complexity index is 384. The normalized spacial score (nSPS) is 23.9. The highest BCUT2D eigenvalue weighted by molar-refractivity contribution is 6.31. The Balaban J connectivity index is 1.95. The lowest BCUT2D eigenvalue weighted by atomic mass is 9.97. The van der Waals surface area contributed by atoms with Gasteiger partial charge in [0.15, 0.2) is 0 Å². The zero-order chi connectivity index (χ0) is 12.3. The van der Waals surface area contributed by atoms with Gasteiger partial charge in [0, 0.05) is 18.2 Å². The number of aliphatic hydroxyl groups is 1. The lowest BCUT2D eigenvalue weighted by molar-refractivity contribution is 0.199. The standard InChI is InChI=1S/C13H19ClN2O/c14-11-4-5-12(15)13(6-11)16-7-9-2-1-3-10(9)8-17/h4-6,9-10,16-17H,1-3,7-8,15H2. The molecule has 0 aromatic heterocycles. The Morgan fingerprint density at radius 1 is 1.35 bits per heavy atom. The van der Waals surface area contributed by atoms with Crippen molar-refractivity contribution in [2.24, 2.45) is 11.8 Å². The third kappa shape index (κ3) is 3.05. The van der Waals surface area contributed by atoms with Crippen LogP contribution in [0, 0.1) is 11.8 Å². The predicted molar refractivity (Wildman–Crippen MR) is 72.3 cm³/mol. The molecule has 0 aliphatic heterocycles.